The van der Waals surface area contributed by atoms with E-state index in [0.29, 0.717) is 6.42 Å². The lowest BCUT2D eigenvalue weighted by Crippen LogP contribution is -2.16. The smallest absolute Gasteiger partial charge is 0.330 e. The van der Waals surface area contributed by atoms with Crippen molar-refractivity contribution in [2.45, 2.75) is 31.1 Å². The molecule has 1 aromatic rings. The van der Waals surface area contributed by atoms with E-state index in [2.05, 4.69) is 0 Å². The van der Waals surface area contributed by atoms with Gasteiger partial charge in [0.15, 0.2) is 0 Å². The Hall–Kier alpha value is -1.24. The van der Waals surface area contributed by atoms with Crippen LogP contribution < -0.4 is 5.73 Å². The Labute approximate surface area is 111 Å². The van der Waals surface area contributed by atoms with E-state index >= 15 is 0 Å². The van der Waals surface area contributed by atoms with Gasteiger partial charge in [0, 0.05) is 0 Å². The standard InChI is InChI=1S/C13H13F6N/c1-11(5-10(11)6-20)7-2-8(12(14,15)16)4-9(3-7)13(17,18)19/h2-4,10H,5-6,20H2,1H3. The van der Waals surface area contributed by atoms with E-state index in [1.54, 1.807) is 6.92 Å². The van der Waals surface area contributed by atoms with Crippen molar-refractivity contribution in [1.29, 1.82) is 0 Å². The lowest BCUT2D eigenvalue weighted by atomic mass is 9.91. The minimum Gasteiger partial charge on any atom is -0.330 e. The number of benzene rings is 1. The number of rotatable bonds is 2. The highest BCUT2D eigenvalue weighted by molar-refractivity contribution is 5.41. The first-order valence-corrected chi connectivity index (χ1v) is 5.98. The quantitative estimate of drug-likeness (QED) is 0.822. The highest BCUT2D eigenvalue weighted by Crippen LogP contribution is 2.54. The Morgan fingerprint density at radius 3 is 1.80 bits per heavy atom. The molecule has 0 heterocycles. The second-order valence-electron chi connectivity index (χ2n) is 5.35. The molecular formula is C13H13F6N. The van der Waals surface area contributed by atoms with E-state index in [-0.39, 0.29) is 24.1 Å². The highest BCUT2D eigenvalue weighted by atomic mass is 19.4. The van der Waals surface area contributed by atoms with Crippen molar-refractivity contribution in [3.63, 3.8) is 0 Å². The molecule has 2 atom stereocenters. The molecule has 1 aliphatic rings. The van der Waals surface area contributed by atoms with Crippen LogP contribution in [-0.4, -0.2) is 6.54 Å². The number of hydrogen-bond donors (Lipinski definition) is 1. The topological polar surface area (TPSA) is 26.0 Å². The van der Waals surface area contributed by atoms with Gasteiger partial charge < -0.3 is 5.73 Å². The maximum absolute atomic E-state index is 12.7. The number of nitrogens with two attached hydrogens (primary N) is 1. The first-order valence-electron chi connectivity index (χ1n) is 5.98. The largest absolute Gasteiger partial charge is 0.416 e. The summed E-state index contributed by atoms with van der Waals surface area (Å²) in [5.74, 6) is -0.0768. The summed E-state index contributed by atoms with van der Waals surface area (Å²) in [6, 6.07) is 1.74. The van der Waals surface area contributed by atoms with Gasteiger partial charge in [-0.1, -0.05) is 6.92 Å². The van der Waals surface area contributed by atoms with Gasteiger partial charge in [-0.15, -0.1) is 0 Å². The van der Waals surface area contributed by atoms with Crippen LogP contribution in [0.3, 0.4) is 0 Å². The van der Waals surface area contributed by atoms with Gasteiger partial charge in [-0.25, -0.2) is 0 Å². The minimum atomic E-state index is -4.81. The van der Waals surface area contributed by atoms with Crippen LogP contribution in [-0.2, 0) is 17.8 Å². The highest BCUT2D eigenvalue weighted by Gasteiger charge is 2.51. The molecule has 20 heavy (non-hydrogen) atoms. The molecule has 112 valence electrons. The number of halogens is 6. The second kappa shape index (κ2) is 4.38. The second-order valence-corrected chi connectivity index (χ2v) is 5.35. The predicted octanol–water partition coefficient (Wildman–Crippen LogP) is 3.96. The maximum Gasteiger partial charge on any atom is 0.416 e. The average molecular weight is 297 g/mol. The average Bonchev–Trinajstić information content (AvgIpc) is 2.99. The molecule has 1 aromatic carbocycles. The monoisotopic (exact) mass is 297 g/mol. The van der Waals surface area contributed by atoms with Crippen LogP contribution in [0.15, 0.2) is 18.2 Å². The third kappa shape index (κ3) is 2.63. The summed E-state index contributed by atoms with van der Waals surface area (Å²) < 4.78 is 76.4. The van der Waals surface area contributed by atoms with Crippen molar-refractivity contribution in [2.24, 2.45) is 11.7 Å². The van der Waals surface area contributed by atoms with Crippen LogP contribution in [0.25, 0.3) is 0 Å². The predicted molar refractivity (Wildman–Crippen MR) is 61.0 cm³/mol. The molecule has 0 spiro atoms. The Morgan fingerprint density at radius 2 is 1.50 bits per heavy atom. The molecule has 0 bridgehead atoms. The van der Waals surface area contributed by atoms with E-state index in [0.717, 1.165) is 12.1 Å². The maximum atomic E-state index is 12.7. The fourth-order valence-electron chi connectivity index (χ4n) is 2.43. The first-order chi connectivity index (χ1) is 8.98. The van der Waals surface area contributed by atoms with Crippen LogP contribution in [0.2, 0.25) is 0 Å². The summed E-state index contributed by atoms with van der Waals surface area (Å²) in [5, 5.41) is 0. The molecule has 0 radical (unpaired) electrons. The lowest BCUT2D eigenvalue weighted by molar-refractivity contribution is -0.143. The van der Waals surface area contributed by atoms with Crippen LogP contribution in [0.1, 0.15) is 30.0 Å². The molecular weight excluding hydrogens is 284 g/mol. The first kappa shape index (κ1) is 15.2. The zero-order valence-electron chi connectivity index (χ0n) is 10.6. The molecule has 2 N–H and O–H groups in total. The molecule has 1 nitrogen and oxygen atoms in total. The molecule has 0 amide bonds. The Morgan fingerprint density at radius 1 is 1.05 bits per heavy atom. The fourth-order valence-corrected chi connectivity index (χ4v) is 2.43. The van der Waals surface area contributed by atoms with Gasteiger partial charge in [0.1, 0.15) is 0 Å². The van der Waals surface area contributed by atoms with E-state index in [9.17, 15) is 26.3 Å². The van der Waals surface area contributed by atoms with Gasteiger partial charge in [-0.2, -0.15) is 26.3 Å². The van der Waals surface area contributed by atoms with Gasteiger partial charge in [0.05, 0.1) is 11.1 Å². The Kier molecular flexibility index (Phi) is 3.32. The molecule has 0 aromatic heterocycles. The zero-order valence-corrected chi connectivity index (χ0v) is 10.6. The Bertz CT molecular complexity index is 486. The molecule has 1 aliphatic carbocycles. The van der Waals surface area contributed by atoms with E-state index in [4.69, 9.17) is 5.73 Å². The summed E-state index contributed by atoms with van der Waals surface area (Å²) in [6.45, 7) is 1.88. The van der Waals surface area contributed by atoms with Crippen molar-refractivity contribution in [1.82, 2.24) is 0 Å². The summed E-state index contributed by atoms with van der Waals surface area (Å²) >= 11 is 0. The number of alkyl halides is 6. The van der Waals surface area contributed by atoms with Crippen molar-refractivity contribution >= 4 is 0 Å². The molecule has 0 aliphatic heterocycles. The number of hydrogen-bond acceptors (Lipinski definition) is 1. The van der Waals surface area contributed by atoms with Crippen LogP contribution >= 0.6 is 0 Å². The fraction of sp³-hybridized carbons (Fsp3) is 0.538. The summed E-state index contributed by atoms with van der Waals surface area (Å²) in [5.41, 5.74) is 2.26. The Balaban J connectivity index is 2.53. The van der Waals surface area contributed by atoms with Crippen LogP contribution in [0.4, 0.5) is 26.3 Å². The third-order valence-corrected chi connectivity index (χ3v) is 3.94. The molecule has 7 heteroatoms. The molecule has 2 unspecified atom stereocenters. The molecule has 1 saturated carbocycles. The SMILES string of the molecule is CC1(c2cc(C(F)(F)F)cc(C(F)(F)F)c2)CC1CN. The van der Waals surface area contributed by atoms with E-state index < -0.39 is 28.9 Å². The molecule has 1 fully saturated rings. The van der Waals surface area contributed by atoms with Gasteiger partial charge in [0.2, 0.25) is 0 Å². The molecule has 0 saturated heterocycles. The summed E-state index contributed by atoms with van der Waals surface area (Å²) in [7, 11) is 0. The van der Waals surface area contributed by atoms with Gasteiger partial charge in [-0.3, -0.25) is 0 Å². The van der Waals surface area contributed by atoms with Crippen molar-refractivity contribution in [2.75, 3.05) is 6.54 Å². The summed E-state index contributed by atoms with van der Waals surface area (Å²) in [6.07, 6.45) is -9.11. The zero-order chi connectivity index (χ0) is 15.3. The van der Waals surface area contributed by atoms with E-state index in [1.165, 1.54) is 0 Å². The van der Waals surface area contributed by atoms with E-state index in [1.807, 2.05) is 0 Å². The van der Waals surface area contributed by atoms with Gasteiger partial charge in [-0.05, 0) is 48.1 Å². The summed E-state index contributed by atoms with van der Waals surface area (Å²) in [4.78, 5) is 0. The third-order valence-electron chi connectivity index (χ3n) is 3.94. The lowest BCUT2D eigenvalue weighted by Gasteiger charge is -2.18. The van der Waals surface area contributed by atoms with Gasteiger partial charge >= 0.3 is 12.4 Å². The normalized spacial score (nSPS) is 26.7. The molecule has 2 rings (SSSR count). The minimum absolute atomic E-state index is 0.0510. The van der Waals surface area contributed by atoms with Crippen LogP contribution in [0.5, 0.6) is 0 Å². The van der Waals surface area contributed by atoms with Crippen molar-refractivity contribution < 1.29 is 26.3 Å². The van der Waals surface area contributed by atoms with Crippen molar-refractivity contribution in [3.8, 4) is 0 Å². The van der Waals surface area contributed by atoms with Gasteiger partial charge in [0.25, 0.3) is 0 Å². The van der Waals surface area contributed by atoms with Crippen molar-refractivity contribution in [3.05, 3.63) is 34.9 Å². The van der Waals surface area contributed by atoms with Crippen LogP contribution in [0, 0.1) is 5.92 Å².